The Morgan fingerprint density at radius 3 is 2.92 bits per heavy atom. The van der Waals surface area contributed by atoms with Crippen LogP contribution in [0.15, 0.2) is 12.4 Å². The molecular weight excluding hydrogens is 150 g/mol. The summed E-state index contributed by atoms with van der Waals surface area (Å²) in [6.45, 7) is 8.26. The van der Waals surface area contributed by atoms with E-state index in [9.17, 15) is 0 Å². The normalized spacial score (nSPS) is 11.0. The van der Waals surface area contributed by atoms with Crippen LogP contribution in [0.4, 0.5) is 0 Å². The molecule has 1 N–H and O–H groups in total. The van der Waals surface area contributed by atoms with Crippen molar-refractivity contribution in [3.63, 3.8) is 0 Å². The lowest BCUT2D eigenvalue weighted by Crippen LogP contribution is -2.23. The van der Waals surface area contributed by atoms with Crippen LogP contribution in [0.1, 0.15) is 26.6 Å². The SMILES string of the molecule is CCn1ccnc1CNC(C)C. The van der Waals surface area contributed by atoms with Gasteiger partial charge in [0.25, 0.3) is 0 Å². The third kappa shape index (κ3) is 2.34. The standard InChI is InChI=1S/C9H17N3/c1-4-12-6-5-10-9(12)7-11-8(2)3/h5-6,8,11H,4,7H2,1-3H3. The number of hydrogen-bond acceptors (Lipinski definition) is 2. The molecule has 0 bridgehead atoms. The number of nitrogens with one attached hydrogen (secondary N) is 1. The molecule has 0 unspecified atom stereocenters. The van der Waals surface area contributed by atoms with Gasteiger partial charge in [-0.05, 0) is 6.92 Å². The maximum absolute atomic E-state index is 4.26. The zero-order valence-electron chi connectivity index (χ0n) is 8.04. The van der Waals surface area contributed by atoms with Gasteiger partial charge >= 0.3 is 0 Å². The zero-order chi connectivity index (χ0) is 8.97. The fraction of sp³-hybridized carbons (Fsp3) is 0.667. The average molecular weight is 167 g/mol. The lowest BCUT2D eigenvalue weighted by molar-refractivity contribution is 0.551. The third-order valence-corrected chi connectivity index (χ3v) is 1.81. The van der Waals surface area contributed by atoms with Crippen molar-refractivity contribution >= 4 is 0 Å². The summed E-state index contributed by atoms with van der Waals surface area (Å²) in [6, 6.07) is 0.520. The number of imidazole rings is 1. The maximum atomic E-state index is 4.26. The second kappa shape index (κ2) is 4.26. The van der Waals surface area contributed by atoms with Gasteiger partial charge in [-0.2, -0.15) is 0 Å². The smallest absolute Gasteiger partial charge is 0.122 e. The third-order valence-electron chi connectivity index (χ3n) is 1.81. The summed E-state index contributed by atoms with van der Waals surface area (Å²) >= 11 is 0. The Balaban J connectivity index is 2.50. The van der Waals surface area contributed by atoms with Crippen molar-refractivity contribution in [3.8, 4) is 0 Å². The molecule has 0 atom stereocenters. The molecule has 0 radical (unpaired) electrons. The van der Waals surface area contributed by atoms with Crippen LogP contribution in [0.2, 0.25) is 0 Å². The highest BCUT2D eigenvalue weighted by molar-refractivity contribution is 4.91. The van der Waals surface area contributed by atoms with Gasteiger partial charge < -0.3 is 9.88 Å². The number of nitrogens with zero attached hydrogens (tertiary/aromatic N) is 2. The largest absolute Gasteiger partial charge is 0.334 e. The van der Waals surface area contributed by atoms with Crippen molar-refractivity contribution in [2.24, 2.45) is 0 Å². The fourth-order valence-corrected chi connectivity index (χ4v) is 1.09. The molecule has 3 heteroatoms. The lowest BCUT2D eigenvalue weighted by Gasteiger charge is -2.08. The summed E-state index contributed by atoms with van der Waals surface area (Å²) in [5.41, 5.74) is 0. The molecule has 0 aliphatic rings. The van der Waals surface area contributed by atoms with E-state index in [1.165, 1.54) is 0 Å². The van der Waals surface area contributed by atoms with Crippen molar-refractivity contribution in [2.75, 3.05) is 0 Å². The fourth-order valence-electron chi connectivity index (χ4n) is 1.09. The van der Waals surface area contributed by atoms with Gasteiger partial charge in [0.15, 0.2) is 0 Å². The molecule has 0 spiro atoms. The van der Waals surface area contributed by atoms with Crippen molar-refractivity contribution in [1.82, 2.24) is 14.9 Å². The Kier molecular flexibility index (Phi) is 3.29. The molecule has 1 aromatic heterocycles. The van der Waals surface area contributed by atoms with Crippen LogP contribution in [-0.2, 0) is 13.1 Å². The van der Waals surface area contributed by atoms with Crippen LogP contribution in [-0.4, -0.2) is 15.6 Å². The van der Waals surface area contributed by atoms with Gasteiger partial charge in [-0.1, -0.05) is 13.8 Å². The molecule has 3 nitrogen and oxygen atoms in total. The van der Waals surface area contributed by atoms with E-state index in [0.29, 0.717) is 6.04 Å². The first-order valence-corrected chi connectivity index (χ1v) is 4.47. The highest BCUT2D eigenvalue weighted by atomic mass is 15.1. The van der Waals surface area contributed by atoms with Gasteiger partial charge in [0.1, 0.15) is 5.82 Å². The van der Waals surface area contributed by atoms with Crippen LogP contribution < -0.4 is 5.32 Å². The first kappa shape index (κ1) is 9.26. The number of aromatic nitrogens is 2. The molecular formula is C9H17N3. The van der Waals surface area contributed by atoms with Crippen molar-refractivity contribution in [3.05, 3.63) is 18.2 Å². The first-order chi connectivity index (χ1) is 5.74. The predicted octanol–water partition coefficient (Wildman–Crippen LogP) is 1.40. The quantitative estimate of drug-likeness (QED) is 0.734. The Hall–Kier alpha value is -0.830. The Morgan fingerprint density at radius 1 is 1.58 bits per heavy atom. The van der Waals surface area contributed by atoms with E-state index in [1.807, 2.05) is 12.4 Å². The first-order valence-electron chi connectivity index (χ1n) is 4.47. The maximum Gasteiger partial charge on any atom is 0.122 e. The summed E-state index contributed by atoms with van der Waals surface area (Å²) in [7, 11) is 0. The van der Waals surface area contributed by atoms with Gasteiger partial charge in [-0.15, -0.1) is 0 Å². The van der Waals surface area contributed by atoms with E-state index in [1.54, 1.807) is 0 Å². The second-order valence-electron chi connectivity index (χ2n) is 3.17. The lowest BCUT2D eigenvalue weighted by atomic mass is 10.4. The monoisotopic (exact) mass is 167 g/mol. The average Bonchev–Trinajstić information content (AvgIpc) is 2.47. The molecule has 1 rings (SSSR count). The number of hydrogen-bond donors (Lipinski definition) is 1. The number of rotatable bonds is 4. The minimum atomic E-state index is 0.520. The molecule has 0 saturated carbocycles. The number of aryl methyl sites for hydroxylation is 1. The highest BCUT2D eigenvalue weighted by Crippen LogP contribution is 1.96. The zero-order valence-corrected chi connectivity index (χ0v) is 8.04. The molecule has 0 amide bonds. The van der Waals surface area contributed by atoms with Crippen molar-refractivity contribution in [1.29, 1.82) is 0 Å². The van der Waals surface area contributed by atoms with E-state index in [0.717, 1.165) is 18.9 Å². The van der Waals surface area contributed by atoms with Crippen LogP contribution in [0.3, 0.4) is 0 Å². The van der Waals surface area contributed by atoms with Gasteiger partial charge in [-0.25, -0.2) is 4.98 Å². The van der Waals surface area contributed by atoms with Crippen molar-refractivity contribution in [2.45, 2.75) is 39.9 Å². The van der Waals surface area contributed by atoms with Gasteiger partial charge in [0, 0.05) is 25.0 Å². The van der Waals surface area contributed by atoms with Crippen LogP contribution in [0.5, 0.6) is 0 Å². The molecule has 0 aliphatic carbocycles. The van der Waals surface area contributed by atoms with E-state index >= 15 is 0 Å². The minimum Gasteiger partial charge on any atom is -0.334 e. The molecule has 0 fully saturated rings. The highest BCUT2D eigenvalue weighted by Gasteiger charge is 2.00. The van der Waals surface area contributed by atoms with E-state index in [4.69, 9.17) is 0 Å². The molecule has 0 aliphatic heterocycles. The Bertz CT molecular complexity index is 227. The van der Waals surface area contributed by atoms with Gasteiger partial charge in [0.2, 0.25) is 0 Å². The minimum absolute atomic E-state index is 0.520. The van der Waals surface area contributed by atoms with Crippen LogP contribution >= 0.6 is 0 Å². The van der Waals surface area contributed by atoms with Crippen LogP contribution in [0.25, 0.3) is 0 Å². The second-order valence-corrected chi connectivity index (χ2v) is 3.17. The van der Waals surface area contributed by atoms with E-state index in [-0.39, 0.29) is 0 Å². The molecule has 68 valence electrons. The summed E-state index contributed by atoms with van der Waals surface area (Å²) in [4.78, 5) is 4.26. The van der Waals surface area contributed by atoms with E-state index < -0.39 is 0 Å². The van der Waals surface area contributed by atoms with Gasteiger partial charge in [-0.3, -0.25) is 0 Å². The molecule has 1 heterocycles. The summed E-state index contributed by atoms with van der Waals surface area (Å²) < 4.78 is 2.15. The molecule has 1 aromatic rings. The van der Waals surface area contributed by atoms with Crippen LogP contribution in [0, 0.1) is 0 Å². The predicted molar refractivity (Wildman–Crippen MR) is 49.9 cm³/mol. The Labute approximate surface area is 73.8 Å². The van der Waals surface area contributed by atoms with Gasteiger partial charge in [0.05, 0.1) is 6.54 Å². The summed E-state index contributed by atoms with van der Waals surface area (Å²) in [6.07, 6.45) is 3.86. The molecule has 0 aromatic carbocycles. The summed E-state index contributed by atoms with van der Waals surface area (Å²) in [5.74, 6) is 1.12. The Morgan fingerprint density at radius 2 is 2.33 bits per heavy atom. The molecule has 0 saturated heterocycles. The van der Waals surface area contributed by atoms with Crippen molar-refractivity contribution < 1.29 is 0 Å². The summed E-state index contributed by atoms with van der Waals surface area (Å²) in [5, 5.41) is 3.34. The van der Waals surface area contributed by atoms with E-state index in [2.05, 4.69) is 35.6 Å². The molecule has 12 heavy (non-hydrogen) atoms. The topological polar surface area (TPSA) is 29.9 Å².